The van der Waals surface area contributed by atoms with E-state index in [9.17, 15) is 18.0 Å². The number of aromatic nitrogens is 2. The number of hydrogen-bond donors (Lipinski definition) is 0. The lowest BCUT2D eigenvalue weighted by atomic mass is 10.1. The van der Waals surface area contributed by atoms with E-state index in [0.717, 1.165) is 17.7 Å². The highest BCUT2D eigenvalue weighted by molar-refractivity contribution is 5.80. The molecule has 0 aliphatic carbocycles. The molecule has 0 saturated carbocycles. The van der Waals surface area contributed by atoms with Crippen molar-refractivity contribution < 1.29 is 13.2 Å². The Morgan fingerprint density at radius 2 is 1.55 bits per heavy atom. The van der Waals surface area contributed by atoms with Crippen LogP contribution in [-0.2, 0) is 6.18 Å². The van der Waals surface area contributed by atoms with Crippen molar-refractivity contribution in [3.05, 3.63) is 106 Å². The molecule has 4 rings (SSSR count). The molecule has 0 radical (unpaired) electrons. The molecule has 0 unspecified atom stereocenters. The van der Waals surface area contributed by atoms with Crippen molar-refractivity contribution in [3.8, 4) is 5.69 Å². The number of nitrogens with zero attached hydrogens (tertiary/aromatic N) is 2. The summed E-state index contributed by atoms with van der Waals surface area (Å²) in [5, 5.41) is 0.335. The lowest BCUT2D eigenvalue weighted by Gasteiger charge is -2.13. The first-order valence-corrected chi connectivity index (χ1v) is 8.86. The van der Waals surface area contributed by atoms with Crippen LogP contribution >= 0.6 is 0 Å². The molecule has 3 nitrogen and oxygen atoms in total. The lowest BCUT2D eigenvalue weighted by Crippen LogP contribution is -2.22. The van der Waals surface area contributed by atoms with E-state index < -0.39 is 17.3 Å². The van der Waals surface area contributed by atoms with Crippen LogP contribution in [0.15, 0.2) is 83.7 Å². The van der Waals surface area contributed by atoms with Crippen LogP contribution in [0.25, 0.3) is 28.7 Å². The highest BCUT2D eigenvalue weighted by atomic mass is 19.4. The second-order valence-electron chi connectivity index (χ2n) is 6.42. The normalized spacial score (nSPS) is 12.0. The topological polar surface area (TPSA) is 34.9 Å². The molecule has 0 aliphatic rings. The highest BCUT2D eigenvalue weighted by Crippen LogP contribution is 2.30. The van der Waals surface area contributed by atoms with Gasteiger partial charge in [-0.05, 0) is 42.0 Å². The fourth-order valence-corrected chi connectivity index (χ4v) is 3.07. The minimum atomic E-state index is -4.51. The first kappa shape index (κ1) is 18.7. The van der Waals surface area contributed by atoms with E-state index in [-0.39, 0.29) is 11.5 Å². The van der Waals surface area contributed by atoms with E-state index in [1.807, 2.05) is 30.3 Å². The molecule has 29 heavy (non-hydrogen) atoms. The van der Waals surface area contributed by atoms with Gasteiger partial charge in [0.15, 0.2) is 0 Å². The van der Waals surface area contributed by atoms with E-state index in [4.69, 9.17) is 0 Å². The summed E-state index contributed by atoms with van der Waals surface area (Å²) in [4.78, 5) is 17.6. The van der Waals surface area contributed by atoms with Gasteiger partial charge in [-0.1, -0.05) is 54.6 Å². The molecule has 0 aliphatic heterocycles. The first-order chi connectivity index (χ1) is 13.9. The predicted octanol–water partition coefficient (Wildman–Crippen LogP) is 5.57. The Morgan fingerprint density at radius 3 is 2.31 bits per heavy atom. The van der Waals surface area contributed by atoms with Gasteiger partial charge in [0.05, 0.1) is 22.2 Å². The zero-order chi connectivity index (χ0) is 20.4. The molecular formula is C23H15F3N2O. The number of hydrogen-bond acceptors (Lipinski definition) is 2. The smallest absolute Gasteiger partial charge is 0.268 e. The number of para-hydroxylation sites is 1. The van der Waals surface area contributed by atoms with E-state index in [1.54, 1.807) is 36.4 Å². The molecule has 0 fully saturated rings. The van der Waals surface area contributed by atoms with Crippen molar-refractivity contribution in [2.24, 2.45) is 0 Å². The van der Waals surface area contributed by atoms with Crippen LogP contribution in [0, 0.1) is 0 Å². The second kappa shape index (κ2) is 7.39. The summed E-state index contributed by atoms with van der Waals surface area (Å²) in [6.07, 6.45) is -1.12. The van der Waals surface area contributed by atoms with Crippen molar-refractivity contribution in [2.75, 3.05) is 0 Å². The summed E-state index contributed by atoms with van der Waals surface area (Å²) in [5.41, 5.74) is 0.213. The average molecular weight is 392 g/mol. The monoisotopic (exact) mass is 392 g/mol. The molecule has 144 valence electrons. The van der Waals surface area contributed by atoms with Crippen molar-refractivity contribution in [1.29, 1.82) is 0 Å². The van der Waals surface area contributed by atoms with Gasteiger partial charge in [0.25, 0.3) is 5.56 Å². The molecule has 0 amide bonds. The minimum Gasteiger partial charge on any atom is -0.268 e. The predicted molar refractivity (Wildman–Crippen MR) is 108 cm³/mol. The minimum absolute atomic E-state index is 0.107. The number of benzene rings is 3. The Hall–Kier alpha value is -3.67. The molecule has 1 aromatic heterocycles. The fraction of sp³-hybridized carbons (Fsp3) is 0.0435. The van der Waals surface area contributed by atoms with Crippen molar-refractivity contribution in [2.45, 2.75) is 6.18 Å². The third-order valence-corrected chi connectivity index (χ3v) is 4.46. The standard InChI is InChI=1S/C23H15F3N2O/c24-23(25,26)17-9-6-10-18(15-17)28-21(14-13-16-7-2-1-3-8-16)27-20-12-5-4-11-19(20)22(28)29/h1-15H/b14-13+. The lowest BCUT2D eigenvalue weighted by molar-refractivity contribution is -0.137. The molecule has 0 saturated heterocycles. The third-order valence-electron chi connectivity index (χ3n) is 4.46. The zero-order valence-electron chi connectivity index (χ0n) is 15.1. The van der Waals surface area contributed by atoms with E-state index in [1.165, 1.54) is 16.7 Å². The molecular weight excluding hydrogens is 377 g/mol. The maximum Gasteiger partial charge on any atom is 0.416 e. The van der Waals surface area contributed by atoms with E-state index in [0.29, 0.717) is 10.9 Å². The quantitative estimate of drug-likeness (QED) is 0.457. The zero-order valence-corrected chi connectivity index (χ0v) is 15.1. The van der Waals surface area contributed by atoms with Crippen LogP contribution in [-0.4, -0.2) is 9.55 Å². The highest BCUT2D eigenvalue weighted by Gasteiger charge is 2.30. The summed E-state index contributed by atoms with van der Waals surface area (Å²) < 4.78 is 40.8. The average Bonchev–Trinajstić information content (AvgIpc) is 2.72. The van der Waals surface area contributed by atoms with Crippen molar-refractivity contribution in [3.63, 3.8) is 0 Å². The molecule has 6 heteroatoms. The molecule has 0 N–H and O–H groups in total. The summed E-state index contributed by atoms with van der Waals surface area (Å²) in [5.74, 6) is 0.247. The number of fused-ring (bicyclic) bond motifs is 1. The largest absolute Gasteiger partial charge is 0.416 e. The van der Waals surface area contributed by atoms with Crippen LogP contribution in [0.1, 0.15) is 17.0 Å². The van der Waals surface area contributed by atoms with Gasteiger partial charge >= 0.3 is 6.18 Å². The van der Waals surface area contributed by atoms with Gasteiger partial charge in [-0.2, -0.15) is 13.2 Å². The molecule has 3 aromatic carbocycles. The first-order valence-electron chi connectivity index (χ1n) is 8.86. The number of alkyl halides is 3. The van der Waals surface area contributed by atoms with Crippen LogP contribution < -0.4 is 5.56 Å². The third kappa shape index (κ3) is 3.82. The van der Waals surface area contributed by atoms with Crippen molar-refractivity contribution >= 4 is 23.1 Å². The summed E-state index contributed by atoms with van der Waals surface area (Å²) in [6.45, 7) is 0. The molecule has 0 atom stereocenters. The SMILES string of the molecule is O=c1c2ccccc2nc(/C=C/c2ccccc2)n1-c1cccc(C(F)(F)F)c1. The van der Waals surface area contributed by atoms with Gasteiger partial charge in [0, 0.05) is 0 Å². The Kier molecular flexibility index (Phi) is 4.76. The summed E-state index contributed by atoms with van der Waals surface area (Å²) in [7, 11) is 0. The van der Waals surface area contributed by atoms with E-state index >= 15 is 0 Å². The Balaban J connectivity index is 1.96. The molecule has 1 heterocycles. The van der Waals surface area contributed by atoms with Crippen molar-refractivity contribution in [1.82, 2.24) is 9.55 Å². The number of rotatable bonds is 3. The van der Waals surface area contributed by atoms with Gasteiger partial charge in [0.2, 0.25) is 0 Å². The van der Waals surface area contributed by atoms with Gasteiger partial charge in [-0.25, -0.2) is 4.98 Å². The van der Waals surface area contributed by atoms with Crippen LogP contribution in [0.5, 0.6) is 0 Å². The Morgan fingerprint density at radius 1 is 0.828 bits per heavy atom. The summed E-state index contributed by atoms with van der Waals surface area (Å²) in [6, 6.07) is 20.8. The second-order valence-corrected chi connectivity index (χ2v) is 6.42. The fourth-order valence-electron chi connectivity index (χ4n) is 3.07. The van der Waals surface area contributed by atoms with Crippen LogP contribution in [0.4, 0.5) is 13.2 Å². The Bertz CT molecular complexity index is 1260. The number of halogens is 3. The van der Waals surface area contributed by atoms with E-state index in [2.05, 4.69) is 4.98 Å². The van der Waals surface area contributed by atoms with Gasteiger partial charge in [0.1, 0.15) is 5.82 Å². The summed E-state index contributed by atoms with van der Waals surface area (Å²) >= 11 is 0. The molecule has 0 bridgehead atoms. The van der Waals surface area contributed by atoms with Gasteiger partial charge in [-0.15, -0.1) is 0 Å². The van der Waals surface area contributed by atoms with Gasteiger partial charge < -0.3 is 0 Å². The molecule has 0 spiro atoms. The van der Waals surface area contributed by atoms with Crippen LogP contribution in [0.2, 0.25) is 0 Å². The maximum absolute atomic E-state index is 13.2. The maximum atomic E-state index is 13.2. The molecule has 4 aromatic rings. The Labute approximate surface area is 164 Å². The van der Waals surface area contributed by atoms with Crippen LogP contribution in [0.3, 0.4) is 0 Å². The van der Waals surface area contributed by atoms with Gasteiger partial charge in [-0.3, -0.25) is 9.36 Å².